The van der Waals surface area contributed by atoms with E-state index in [1.54, 1.807) is 4.90 Å². The Kier molecular flexibility index (Phi) is 5.89. The van der Waals surface area contributed by atoms with E-state index in [9.17, 15) is 9.59 Å². The number of rotatable bonds is 5. The lowest BCUT2D eigenvalue weighted by Crippen LogP contribution is -2.49. The van der Waals surface area contributed by atoms with E-state index in [1.165, 1.54) is 11.8 Å². The van der Waals surface area contributed by atoms with Crippen molar-refractivity contribution in [2.75, 3.05) is 17.2 Å². The van der Waals surface area contributed by atoms with Gasteiger partial charge in [-0.25, -0.2) is 10.4 Å². The molecule has 3 N–H and O–H groups in total. The van der Waals surface area contributed by atoms with Crippen LogP contribution in [0.15, 0.2) is 77.8 Å². The Hall–Kier alpha value is -3.20. The van der Waals surface area contributed by atoms with Crippen molar-refractivity contribution in [3.05, 3.63) is 78.4 Å². The predicted octanol–water partition coefficient (Wildman–Crippen LogP) is 2.64. The Morgan fingerprint density at radius 3 is 2.72 bits per heavy atom. The highest BCUT2D eigenvalue weighted by atomic mass is 32.2. The minimum absolute atomic E-state index is 0.0222. The number of anilines is 1. The Morgan fingerprint density at radius 1 is 1.06 bits per heavy atom. The summed E-state index contributed by atoms with van der Waals surface area (Å²) < 4.78 is 0. The van der Waals surface area contributed by atoms with Crippen molar-refractivity contribution >= 4 is 45.2 Å². The second-order valence-corrected chi connectivity index (χ2v) is 8.65. The van der Waals surface area contributed by atoms with Gasteiger partial charge in [0, 0.05) is 18.5 Å². The molecule has 2 aliphatic heterocycles. The molecule has 0 spiro atoms. The molecule has 2 aliphatic rings. The highest BCUT2D eigenvalue weighted by Gasteiger charge is 2.42. The van der Waals surface area contributed by atoms with Crippen molar-refractivity contribution in [1.29, 1.82) is 0 Å². The van der Waals surface area contributed by atoms with Gasteiger partial charge in [0.25, 0.3) is 0 Å². The van der Waals surface area contributed by atoms with Gasteiger partial charge < -0.3 is 5.32 Å². The van der Waals surface area contributed by atoms with Crippen molar-refractivity contribution < 1.29 is 9.59 Å². The highest BCUT2D eigenvalue weighted by Crippen LogP contribution is 2.33. The summed E-state index contributed by atoms with van der Waals surface area (Å²) in [6, 6.07) is 23.6. The number of hydrogen-bond donors (Lipinski definition) is 3. The topological polar surface area (TPSA) is 85.8 Å². The molecule has 2 unspecified atom stereocenters. The van der Waals surface area contributed by atoms with Gasteiger partial charge in [-0.1, -0.05) is 78.5 Å². The summed E-state index contributed by atoms with van der Waals surface area (Å²) in [6.45, 7) is 0.985. The fourth-order valence-electron chi connectivity index (χ4n) is 3.97. The summed E-state index contributed by atoms with van der Waals surface area (Å²) >= 11 is 1.28. The first-order valence-electron chi connectivity index (χ1n) is 10.5. The van der Waals surface area contributed by atoms with E-state index in [4.69, 9.17) is 4.99 Å². The van der Waals surface area contributed by atoms with Crippen LogP contribution < -0.4 is 21.1 Å². The van der Waals surface area contributed by atoms with Crippen LogP contribution in [0.3, 0.4) is 0 Å². The van der Waals surface area contributed by atoms with E-state index in [2.05, 4.69) is 16.2 Å². The summed E-state index contributed by atoms with van der Waals surface area (Å²) in [6.07, 6.45) is -0.330. The van der Waals surface area contributed by atoms with Crippen LogP contribution in [0.25, 0.3) is 10.8 Å². The fourth-order valence-corrected chi connectivity index (χ4v) is 4.84. The molecule has 1 saturated heterocycles. The van der Waals surface area contributed by atoms with Crippen molar-refractivity contribution in [2.24, 2.45) is 10.9 Å². The minimum Gasteiger partial charge on any atom is -0.351 e. The normalized spacial score (nSPS) is 20.2. The number of hydrogen-bond acceptors (Lipinski definition) is 6. The van der Waals surface area contributed by atoms with Crippen molar-refractivity contribution in [3.8, 4) is 0 Å². The van der Waals surface area contributed by atoms with Crippen LogP contribution in [0, 0.1) is 5.92 Å². The van der Waals surface area contributed by atoms with Gasteiger partial charge in [0.05, 0.1) is 17.4 Å². The molecule has 32 heavy (non-hydrogen) atoms. The number of carbonyl (C=O) groups excluding carboxylic acids is 2. The smallest absolute Gasteiger partial charge is 0.241 e. The van der Waals surface area contributed by atoms with E-state index in [0.717, 1.165) is 22.0 Å². The number of nitrogens with zero attached hydrogens (tertiary/aromatic N) is 2. The van der Waals surface area contributed by atoms with Gasteiger partial charge >= 0.3 is 0 Å². The molecule has 3 aromatic carbocycles. The summed E-state index contributed by atoms with van der Waals surface area (Å²) in [7, 11) is 0. The van der Waals surface area contributed by atoms with E-state index in [1.807, 2.05) is 72.8 Å². The zero-order valence-electron chi connectivity index (χ0n) is 17.3. The number of aliphatic imine (C=N–C) groups is 1. The number of amides is 2. The third-order valence-corrected chi connectivity index (χ3v) is 6.56. The van der Waals surface area contributed by atoms with Crippen LogP contribution in [0.5, 0.6) is 0 Å². The highest BCUT2D eigenvalue weighted by molar-refractivity contribution is 8.14. The maximum absolute atomic E-state index is 13.5. The fraction of sp³-hybridized carbons (Fsp3) is 0.208. The molecule has 0 aromatic heterocycles. The van der Waals surface area contributed by atoms with Crippen molar-refractivity contribution in [1.82, 2.24) is 16.2 Å². The lowest BCUT2D eigenvalue weighted by molar-refractivity contribution is -0.121. The molecule has 5 rings (SSSR count). The first-order valence-corrected chi connectivity index (χ1v) is 11.5. The molecule has 3 aromatic rings. The first-order chi connectivity index (χ1) is 15.7. The first kappa shape index (κ1) is 20.7. The maximum atomic E-state index is 13.5. The van der Waals surface area contributed by atoms with E-state index in [-0.39, 0.29) is 29.7 Å². The average Bonchev–Trinajstić information content (AvgIpc) is 3.31. The standard InChI is InChI=1S/C24H23N5O2S/c30-21(25-13-16-7-2-1-3-8-16)15-32-24-27-22-19(14-26-28-22)23(31)29(24)20-12-6-10-17-9-4-5-11-18(17)20/h1-12,19,22,26,28H,13-15H2,(H,25,30). The summed E-state index contributed by atoms with van der Waals surface area (Å²) in [5, 5.41) is 5.48. The van der Waals surface area contributed by atoms with Crippen molar-refractivity contribution in [2.45, 2.75) is 12.7 Å². The second kappa shape index (κ2) is 9.12. The predicted molar refractivity (Wildman–Crippen MR) is 128 cm³/mol. The lowest BCUT2D eigenvalue weighted by atomic mass is 10.0. The van der Waals surface area contributed by atoms with Crippen LogP contribution in [0.1, 0.15) is 5.56 Å². The lowest BCUT2D eigenvalue weighted by Gasteiger charge is -2.33. The molecular formula is C24H23N5O2S. The SMILES string of the molecule is O=C(CSC1=NC2NNCC2C(=O)N1c1cccc2ccccc12)NCc1ccccc1. The van der Waals surface area contributed by atoms with Crippen LogP contribution in [-0.4, -0.2) is 35.4 Å². The molecule has 7 nitrogen and oxygen atoms in total. The van der Waals surface area contributed by atoms with Gasteiger partial charge in [0.2, 0.25) is 11.8 Å². The van der Waals surface area contributed by atoms with Crippen LogP contribution >= 0.6 is 11.8 Å². The Balaban J connectivity index is 1.38. The van der Waals surface area contributed by atoms with Gasteiger partial charge in [-0.05, 0) is 17.0 Å². The Morgan fingerprint density at radius 2 is 1.84 bits per heavy atom. The minimum atomic E-state index is -0.330. The molecule has 0 saturated carbocycles. The number of fused-ring (bicyclic) bond motifs is 2. The molecular weight excluding hydrogens is 422 g/mol. The van der Waals surface area contributed by atoms with Gasteiger partial charge in [-0.2, -0.15) is 0 Å². The second-order valence-electron chi connectivity index (χ2n) is 7.71. The van der Waals surface area contributed by atoms with Gasteiger partial charge in [-0.15, -0.1) is 0 Å². The number of benzene rings is 3. The number of hydrazine groups is 1. The zero-order chi connectivity index (χ0) is 21.9. The number of carbonyl (C=O) groups is 2. The molecule has 2 heterocycles. The van der Waals surface area contributed by atoms with E-state index < -0.39 is 0 Å². The largest absolute Gasteiger partial charge is 0.351 e. The molecule has 8 heteroatoms. The number of nitrogens with one attached hydrogen (secondary N) is 3. The average molecular weight is 446 g/mol. The van der Waals surface area contributed by atoms with Crippen LogP contribution in [0.4, 0.5) is 5.69 Å². The Bertz CT molecular complexity index is 1180. The van der Waals surface area contributed by atoms with Gasteiger partial charge in [0.15, 0.2) is 5.17 Å². The summed E-state index contributed by atoms with van der Waals surface area (Å²) in [5.74, 6) is -0.242. The molecule has 0 aliphatic carbocycles. The zero-order valence-corrected chi connectivity index (χ0v) is 18.1. The third-order valence-electron chi connectivity index (χ3n) is 5.60. The molecule has 0 bridgehead atoms. The van der Waals surface area contributed by atoms with E-state index in [0.29, 0.717) is 18.3 Å². The molecule has 2 atom stereocenters. The van der Waals surface area contributed by atoms with E-state index >= 15 is 0 Å². The number of amidine groups is 1. The molecule has 1 fully saturated rings. The van der Waals surface area contributed by atoms with Crippen LogP contribution in [0.2, 0.25) is 0 Å². The molecule has 0 radical (unpaired) electrons. The summed E-state index contributed by atoms with van der Waals surface area (Å²) in [5.41, 5.74) is 7.92. The Labute approximate surface area is 190 Å². The number of thioether (sulfide) groups is 1. The van der Waals surface area contributed by atoms with Gasteiger partial charge in [-0.3, -0.25) is 19.9 Å². The quantitative estimate of drug-likeness (QED) is 0.562. The monoisotopic (exact) mass is 445 g/mol. The molecule has 162 valence electrons. The van der Waals surface area contributed by atoms with Gasteiger partial charge in [0.1, 0.15) is 6.17 Å². The van der Waals surface area contributed by atoms with Crippen LogP contribution in [-0.2, 0) is 16.1 Å². The van der Waals surface area contributed by atoms with Crippen molar-refractivity contribution in [3.63, 3.8) is 0 Å². The summed E-state index contributed by atoms with van der Waals surface area (Å²) in [4.78, 5) is 32.4. The third kappa shape index (κ3) is 4.12. The molecule has 2 amide bonds. The maximum Gasteiger partial charge on any atom is 0.241 e.